The summed E-state index contributed by atoms with van der Waals surface area (Å²) in [5, 5.41) is 7.68. The normalized spacial score (nSPS) is 26.2. The van der Waals surface area contributed by atoms with Gasteiger partial charge < -0.3 is 15.0 Å². The summed E-state index contributed by atoms with van der Waals surface area (Å²) in [5.41, 5.74) is 2.39. The standard InChI is InChI=1S/C20H26N4O2/c1-23-13-16(10-22-23)18-11-21-12-19(18)20(25)24-7-8-26-14-17(24)9-15-5-3-2-4-6-15/h2-6,10,13,17-19,21H,7-9,11-12,14H2,1H3/t17?,18-,19+/m1/s1. The Morgan fingerprint density at radius 3 is 2.92 bits per heavy atom. The molecule has 0 saturated carbocycles. The van der Waals surface area contributed by atoms with Crippen molar-refractivity contribution in [3.63, 3.8) is 0 Å². The zero-order chi connectivity index (χ0) is 17.9. The lowest BCUT2D eigenvalue weighted by atomic mass is 9.89. The molecule has 3 atom stereocenters. The topological polar surface area (TPSA) is 59.4 Å². The quantitative estimate of drug-likeness (QED) is 0.896. The zero-order valence-electron chi connectivity index (χ0n) is 15.2. The van der Waals surface area contributed by atoms with E-state index < -0.39 is 0 Å². The van der Waals surface area contributed by atoms with Gasteiger partial charge in [-0.2, -0.15) is 5.10 Å². The van der Waals surface area contributed by atoms with Gasteiger partial charge in [0.05, 0.1) is 31.4 Å². The fraction of sp³-hybridized carbons (Fsp3) is 0.500. The van der Waals surface area contributed by atoms with E-state index in [2.05, 4.69) is 27.4 Å². The molecule has 1 amide bonds. The lowest BCUT2D eigenvalue weighted by Crippen LogP contribution is -2.52. The van der Waals surface area contributed by atoms with Gasteiger partial charge in [0.15, 0.2) is 0 Å². The molecule has 6 heteroatoms. The Kier molecular flexibility index (Phi) is 5.04. The Labute approximate surface area is 154 Å². The number of morpholine rings is 1. The van der Waals surface area contributed by atoms with Crippen LogP contribution in [0.25, 0.3) is 0 Å². The Hall–Kier alpha value is -2.18. The largest absolute Gasteiger partial charge is 0.377 e. The van der Waals surface area contributed by atoms with Crippen molar-refractivity contribution in [3.05, 3.63) is 53.9 Å². The Morgan fingerprint density at radius 1 is 1.31 bits per heavy atom. The molecule has 2 aliphatic rings. The van der Waals surface area contributed by atoms with Gasteiger partial charge in [0.2, 0.25) is 5.91 Å². The first kappa shape index (κ1) is 17.2. The second kappa shape index (κ2) is 7.60. The van der Waals surface area contributed by atoms with E-state index in [0.717, 1.165) is 25.1 Å². The number of ether oxygens (including phenoxy) is 1. The van der Waals surface area contributed by atoms with Crippen LogP contribution in [0.3, 0.4) is 0 Å². The van der Waals surface area contributed by atoms with Crippen molar-refractivity contribution in [2.75, 3.05) is 32.8 Å². The third kappa shape index (κ3) is 3.52. The second-order valence-electron chi connectivity index (χ2n) is 7.27. The third-order valence-corrected chi connectivity index (χ3v) is 5.51. The summed E-state index contributed by atoms with van der Waals surface area (Å²) in [7, 11) is 1.92. The molecule has 1 aromatic carbocycles. The van der Waals surface area contributed by atoms with Crippen LogP contribution >= 0.6 is 0 Å². The van der Waals surface area contributed by atoms with Crippen molar-refractivity contribution < 1.29 is 9.53 Å². The number of nitrogens with one attached hydrogen (secondary N) is 1. The van der Waals surface area contributed by atoms with Crippen LogP contribution in [-0.2, 0) is 23.0 Å². The second-order valence-corrected chi connectivity index (χ2v) is 7.27. The summed E-state index contributed by atoms with van der Waals surface area (Å²) in [6, 6.07) is 10.5. The van der Waals surface area contributed by atoms with Crippen LogP contribution in [0.2, 0.25) is 0 Å². The molecular formula is C20H26N4O2. The first-order chi connectivity index (χ1) is 12.7. The molecule has 26 heavy (non-hydrogen) atoms. The molecule has 1 aromatic heterocycles. The van der Waals surface area contributed by atoms with E-state index >= 15 is 0 Å². The lowest BCUT2D eigenvalue weighted by Gasteiger charge is -2.38. The Morgan fingerprint density at radius 2 is 2.15 bits per heavy atom. The average Bonchev–Trinajstić information content (AvgIpc) is 3.31. The molecular weight excluding hydrogens is 328 g/mol. The highest BCUT2D eigenvalue weighted by atomic mass is 16.5. The highest BCUT2D eigenvalue weighted by Gasteiger charge is 2.39. The fourth-order valence-electron chi connectivity index (χ4n) is 4.13. The number of aryl methyl sites for hydroxylation is 1. The number of amides is 1. The molecule has 2 aromatic rings. The molecule has 1 unspecified atom stereocenters. The Bertz CT molecular complexity index is 745. The maximum atomic E-state index is 13.4. The van der Waals surface area contributed by atoms with E-state index in [4.69, 9.17) is 4.74 Å². The van der Waals surface area contributed by atoms with Gasteiger partial charge in [-0.1, -0.05) is 30.3 Å². The monoisotopic (exact) mass is 354 g/mol. The summed E-state index contributed by atoms with van der Waals surface area (Å²) in [6.45, 7) is 3.46. The number of nitrogens with zero attached hydrogens (tertiary/aromatic N) is 3. The van der Waals surface area contributed by atoms with Crippen LogP contribution in [0.15, 0.2) is 42.7 Å². The minimum atomic E-state index is -0.0319. The van der Waals surface area contributed by atoms with Gasteiger partial charge >= 0.3 is 0 Å². The van der Waals surface area contributed by atoms with Gasteiger partial charge in [-0.3, -0.25) is 9.48 Å². The number of benzene rings is 1. The zero-order valence-corrected chi connectivity index (χ0v) is 15.2. The molecule has 4 rings (SSSR count). The van der Waals surface area contributed by atoms with Gasteiger partial charge in [0, 0.05) is 38.8 Å². The molecule has 2 fully saturated rings. The highest BCUT2D eigenvalue weighted by molar-refractivity contribution is 5.81. The molecule has 0 spiro atoms. The molecule has 138 valence electrons. The van der Waals surface area contributed by atoms with E-state index in [-0.39, 0.29) is 23.8 Å². The Balaban J connectivity index is 1.51. The SMILES string of the molecule is Cn1cc([C@H]2CNC[C@@H]2C(=O)N2CCOCC2Cc2ccccc2)cn1. The third-order valence-electron chi connectivity index (χ3n) is 5.51. The van der Waals surface area contributed by atoms with E-state index in [1.807, 2.05) is 42.3 Å². The predicted molar refractivity (Wildman–Crippen MR) is 98.8 cm³/mol. The minimum Gasteiger partial charge on any atom is -0.377 e. The van der Waals surface area contributed by atoms with Crippen molar-refractivity contribution in [2.45, 2.75) is 18.4 Å². The molecule has 3 heterocycles. The molecule has 0 bridgehead atoms. The highest BCUT2D eigenvalue weighted by Crippen LogP contribution is 2.30. The fourth-order valence-corrected chi connectivity index (χ4v) is 4.13. The van der Waals surface area contributed by atoms with Crippen LogP contribution in [0, 0.1) is 5.92 Å². The van der Waals surface area contributed by atoms with Crippen molar-refractivity contribution in [2.24, 2.45) is 13.0 Å². The molecule has 0 radical (unpaired) electrons. The smallest absolute Gasteiger partial charge is 0.228 e. The van der Waals surface area contributed by atoms with Crippen molar-refractivity contribution >= 4 is 5.91 Å². The van der Waals surface area contributed by atoms with Crippen LogP contribution < -0.4 is 5.32 Å². The van der Waals surface area contributed by atoms with Gasteiger partial charge in [-0.05, 0) is 17.5 Å². The average molecular weight is 354 g/mol. The molecule has 2 saturated heterocycles. The van der Waals surface area contributed by atoms with Crippen molar-refractivity contribution in [1.29, 1.82) is 0 Å². The first-order valence-corrected chi connectivity index (χ1v) is 9.34. The summed E-state index contributed by atoms with van der Waals surface area (Å²) in [4.78, 5) is 15.4. The number of carbonyl (C=O) groups excluding carboxylic acids is 1. The van der Waals surface area contributed by atoms with E-state index in [1.165, 1.54) is 5.56 Å². The number of aromatic nitrogens is 2. The van der Waals surface area contributed by atoms with E-state index in [1.54, 1.807) is 0 Å². The van der Waals surface area contributed by atoms with E-state index in [9.17, 15) is 4.79 Å². The predicted octanol–water partition coefficient (Wildman–Crippen LogP) is 1.19. The van der Waals surface area contributed by atoms with E-state index in [0.29, 0.717) is 19.8 Å². The molecule has 2 aliphatic heterocycles. The summed E-state index contributed by atoms with van der Waals surface area (Å²) >= 11 is 0. The van der Waals surface area contributed by atoms with Crippen molar-refractivity contribution in [1.82, 2.24) is 20.0 Å². The lowest BCUT2D eigenvalue weighted by molar-refractivity contribution is -0.144. The maximum Gasteiger partial charge on any atom is 0.228 e. The van der Waals surface area contributed by atoms with Crippen LogP contribution in [0.1, 0.15) is 17.0 Å². The molecule has 0 aliphatic carbocycles. The summed E-state index contributed by atoms with van der Waals surface area (Å²) < 4.78 is 7.50. The summed E-state index contributed by atoms with van der Waals surface area (Å²) in [5.74, 6) is 0.403. The maximum absolute atomic E-state index is 13.4. The summed E-state index contributed by atoms with van der Waals surface area (Å²) in [6.07, 6.45) is 4.75. The minimum absolute atomic E-state index is 0.0319. The van der Waals surface area contributed by atoms with Gasteiger partial charge in [0.1, 0.15) is 0 Å². The van der Waals surface area contributed by atoms with Crippen LogP contribution in [0.4, 0.5) is 0 Å². The number of rotatable bonds is 4. The first-order valence-electron chi connectivity index (χ1n) is 9.34. The number of hydrogen-bond acceptors (Lipinski definition) is 4. The van der Waals surface area contributed by atoms with Crippen LogP contribution in [0.5, 0.6) is 0 Å². The molecule has 6 nitrogen and oxygen atoms in total. The van der Waals surface area contributed by atoms with Crippen molar-refractivity contribution in [3.8, 4) is 0 Å². The molecule has 1 N–H and O–H groups in total. The van der Waals surface area contributed by atoms with Gasteiger partial charge in [-0.25, -0.2) is 0 Å². The van der Waals surface area contributed by atoms with Crippen LogP contribution in [-0.4, -0.2) is 59.5 Å². The van der Waals surface area contributed by atoms with Gasteiger partial charge in [-0.15, -0.1) is 0 Å². The number of hydrogen-bond donors (Lipinski definition) is 1. The number of carbonyl (C=O) groups is 1. The van der Waals surface area contributed by atoms with Gasteiger partial charge in [0.25, 0.3) is 0 Å².